The van der Waals surface area contributed by atoms with Gasteiger partial charge in [0.2, 0.25) is 0 Å². The first-order chi connectivity index (χ1) is 15.3. The van der Waals surface area contributed by atoms with Gasteiger partial charge in [0.25, 0.3) is 0 Å². The molecular formula is C24H24N2O5S. The standard InChI is InChI=1S/C24H24N2O5S/c1-2-3-16-31-21-8-10-22(11-9-21)32(29,30)24(23(27)28)12-14-26(15-13-24)18-20-6-4-19(17-25)5-7-20/h4-11H,12-16,18H2,1H3,(H,27,28). The van der Waals surface area contributed by atoms with Gasteiger partial charge in [-0.3, -0.25) is 9.69 Å². The van der Waals surface area contributed by atoms with Crippen LogP contribution in [0.25, 0.3) is 0 Å². The molecule has 1 fully saturated rings. The molecule has 1 aliphatic rings. The summed E-state index contributed by atoms with van der Waals surface area (Å²) >= 11 is 0. The second-order valence-electron chi connectivity index (χ2n) is 7.57. The Balaban J connectivity index is 1.74. The van der Waals surface area contributed by atoms with Crippen molar-refractivity contribution >= 4 is 15.8 Å². The maximum Gasteiger partial charge on any atom is 0.325 e. The number of hydrogen-bond acceptors (Lipinski definition) is 6. The fraction of sp³-hybridized carbons (Fsp3) is 0.333. The van der Waals surface area contributed by atoms with Crippen LogP contribution in [0.4, 0.5) is 0 Å². The number of benzene rings is 2. The number of rotatable bonds is 7. The minimum atomic E-state index is -4.12. The van der Waals surface area contributed by atoms with Gasteiger partial charge in [0, 0.05) is 19.6 Å². The number of nitriles is 1. The topological polar surface area (TPSA) is 108 Å². The minimum Gasteiger partial charge on any atom is -0.481 e. The molecule has 7 nitrogen and oxygen atoms in total. The lowest BCUT2D eigenvalue weighted by atomic mass is 9.95. The molecule has 166 valence electrons. The summed E-state index contributed by atoms with van der Waals surface area (Å²) in [6.45, 7) is 3.12. The van der Waals surface area contributed by atoms with Crippen LogP contribution < -0.4 is 4.74 Å². The van der Waals surface area contributed by atoms with Crippen LogP contribution in [0.1, 0.15) is 30.9 Å². The van der Waals surface area contributed by atoms with Gasteiger partial charge in [-0.25, -0.2) is 8.42 Å². The molecule has 1 saturated heterocycles. The number of piperidine rings is 1. The molecule has 1 aliphatic heterocycles. The number of carbonyl (C=O) groups is 1. The molecular weight excluding hydrogens is 428 g/mol. The number of nitrogens with zero attached hydrogens (tertiary/aromatic N) is 2. The SMILES string of the molecule is CC#CCOc1ccc(S(=O)(=O)C2(C(=O)O)CCN(Cc3ccc(C#N)cc3)CC2)cc1. The third-order valence-electron chi connectivity index (χ3n) is 5.68. The van der Waals surface area contributed by atoms with Gasteiger partial charge >= 0.3 is 5.97 Å². The number of carboxylic acid groups (broad SMARTS) is 1. The van der Waals surface area contributed by atoms with E-state index < -0.39 is 20.6 Å². The summed E-state index contributed by atoms with van der Waals surface area (Å²) in [5.74, 6) is 4.60. The van der Waals surface area contributed by atoms with Crippen LogP contribution in [-0.4, -0.2) is 48.8 Å². The van der Waals surface area contributed by atoms with Crippen molar-refractivity contribution in [1.82, 2.24) is 4.90 Å². The smallest absolute Gasteiger partial charge is 0.325 e. The first-order valence-electron chi connectivity index (χ1n) is 10.1. The molecule has 0 bridgehead atoms. The molecule has 2 aromatic rings. The second-order valence-corrected chi connectivity index (χ2v) is 9.83. The van der Waals surface area contributed by atoms with E-state index >= 15 is 0 Å². The zero-order valence-corrected chi connectivity index (χ0v) is 18.6. The minimum absolute atomic E-state index is 0.00864. The summed E-state index contributed by atoms with van der Waals surface area (Å²) in [6, 6.07) is 15.0. The molecule has 0 spiro atoms. The van der Waals surface area contributed by atoms with Gasteiger partial charge in [-0.2, -0.15) is 5.26 Å². The lowest BCUT2D eigenvalue weighted by molar-refractivity contribution is -0.141. The Morgan fingerprint density at radius 1 is 1.12 bits per heavy atom. The van der Waals surface area contributed by atoms with Crippen molar-refractivity contribution in [3.05, 3.63) is 59.7 Å². The van der Waals surface area contributed by atoms with Crippen LogP contribution in [0.2, 0.25) is 0 Å². The zero-order chi connectivity index (χ0) is 23.2. The van der Waals surface area contributed by atoms with Gasteiger partial charge in [0.1, 0.15) is 12.4 Å². The number of likely N-dealkylation sites (tertiary alicyclic amines) is 1. The number of carboxylic acids is 1. The van der Waals surface area contributed by atoms with Gasteiger partial charge in [-0.05, 0) is 61.7 Å². The lowest BCUT2D eigenvalue weighted by Gasteiger charge is -2.38. The third-order valence-corrected chi connectivity index (χ3v) is 8.18. The Labute approximate surface area is 188 Å². The van der Waals surface area contributed by atoms with Crippen molar-refractivity contribution in [3.8, 4) is 23.7 Å². The quantitative estimate of drug-likeness (QED) is 0.644. The van der Waals surface area contributed by atoms with Gasteiger partial charge in [-0.15, -0.1) is 5.92 Å². The Bertz CT molecular complexity index is 1160. The van der Waals surface area contributed by atoms with Crippen LogP contribution in [0, 0.1) is 23.2 Å². The molecule has 0 radical (unpaired) electrons. The van der Waals surface area contributed by atoms with Gasteiger partial charge < -0.3 is 9.84 Å². The Hall–Kier alpha value is -3.33. The zero-order valence-electron chi connectivity index (χ0n) is 17.7. The van der Waals surface area contributed by atoms with Crippen LogP contribution >= 0.6 is 0 Å². The van der Waals surface area contributed by atoms with Crippen molar-refractivity contribution < 1.29 is 23.1 Å². The largest absolute Gasteiger partial charge is 0.481 e. The number of sulfone groups is 1. The highest BCUT2D eigenvalue weighted by molar-refractivity contribution is 7.93. The maximum atomic E-state index is 13.4. The van der Waals surface area contributed by atoms with Gasteiger partial charge in [-0.1, -0.05) is 18.1 Å². The average molecular weight is 453 g/mol. The van der Waals surface area contributed by atoms with E-state index in [4.69, 9.17) is 10.00 Å². The fourth-order valence-corrected chi connectivity index (χ4v) is 5.64. The molecule has 0 amide bonds. The van der Waals surface area contributed by atoms with Crippen molar-refractivity contribution in [2.24, 2.45) is 0 Å². The summed E-state index contributed by atoms with van der Waals surface area (Å²) < 4.78 is 30.3. The van der Waals surface area contributed by atoms with E-state index in [1.807, 2.05) is 17.0 Å². The monoisotopic (exact) mass is 452 g/mol. The van der Waals surface area contributed by atoms with Crippen molar-refractivity contribution in [2.45, 2.75) is 36.0 Å². The highest BCUT2D eigenvalue weighted by atomic mass is 32.2. The Kier molecular flexibility index (Phi) is 7.19. The Morgan fingerprint density at radius 2 is 1.75 bits per heavy atom. The molecule has 0 unspecified atom stereocenters. The number of hydrogen-bond donors (Lipinski definition) is 1. The summed E-state index contributed by atoms with van der Waals surface area (Å²) in [7, 11) is -4.12. The third kappa shape index (κ3) is 4.77. The molecule has 3 rings (SSSR count). The molecule has 2 aromatic carbocycles. The first-order valence-corrected chi connectivity index (χ1v) is 11.6. The van der Waals surface area contributed by atoms with E-state index in [2.05, 4.69) is 17.9 Å². The van der Waals surface area contributed by atoms with Crippen LogP contribution in [0.15, 0.2) is 53.4 Å². The maximum absolute atomic E-state index is 13.4. The van der Waals surface area contributed by atoms with E-state index in [0.29, 0.717) is 30.9 Å². The molecule has 1 N–H and O–H groups in total. The molecule has 0 aromatic heterocycles. The van der Waals surface area contributed by atoms with E-state index in [-0.39, 0.29) is 24.3 Å². The molecule has 32 heavy (non-hydrogen) atoms. The predicted octanol–water partition coefficient (Wildman–Crippen LogP) is 2.85. The van der Waals surface area contributed by atoms with Gasteiger partial charge in [0.05, 0.1) is 16.5 Å². The van der Waals surface area contributed by atoms with Crippen LogP contribution in [0.5, 0.6) is 5.75 Å². The molecule has 0 atom stereocenters. The molecule has 1 heterocycles. The van der Waals surface area contributed by atoms with E-state index in [1.165, 1.54) is 24.3 Å². The van der Waals surface area contributed by atoms with Crippen molar-refractivity contribution in [2.75, 3.05) is 19.7 Å². The number of ether oxygens (including phenoxy) is 1. The molecule has 0 saturated carbocycles. The normalized spacial score (nSPS) is 15.8. The summed E-state index contributed by atoms with van der Waals surface area (Å²) in [6.07, 6.45) is -0.0173. The fourth-order valence-electron chi connectivity index (χ4n) is 3.74. The highest BCUT2D eigenvalue weighted by Gasteiger charge is 2.53. The predicted molar refractivity (Wildman–Crippen MR) is 119 cm³/mol. The van der Waals surface area contributed by atoms with E-state index in [0.717, 1.165) is 5.56 Å². The van der Waals surface area contributed by atoms with E-state index in [9.17, 15) is 18.3 Å². The van der Waals surface area contributed by atoms with E-state index in [1.54, 1.807) is 19.1 Å². The van der Waals surface area contributed by atoms with Gasteiger partial charge in [0.15, 0.2) is 14.6 Å². The summed E-state index contributed by atoms with van der Waals surface area (Å²) in [4.78, 5) is 14.2. The first kappa shape index (κ1) is 23.3. The summed E-state index contributed by atoms with van der Waals surface area (Å²) in [5.41, 5.74) is 1.55. The van der Waals surface area contributed by atoms with Crippen molar-refractivity contribution in [3.63, 3.8) is 0 Å². The molecule has 0 aliphatic carbocycles. The number of aliphatic carboxylic acids is 1. The van der Waals surface area contributed by atoms with Crippen LogP contribution in [0.3, 0.4) is 0 Å². The molecule has 8 heteroatoms. The average Bonchev–Trinajstić information content (AvgIpc) is 2.80. The van der Waals surface area contributed by atoms with Crippen molar-refractivity contribution in [1.29, 1.82) is 5.26 Å². The second kappa shape index (κ2) is 9.86. The lowest BCUT2D eigenvalue weighted by Crippen LogP contribution is -2.54. The summed E-state index contributed by atoms with van der Waals surface area (Å²) in [5, 5.41) is 18.9. The van der Waals surface area contributed by atoms with Crippen LogP contribution in [-0.2, 0) is 21.2 Å². The Morgan fingerprint density at radius 3 is 2.28 bits per heavy atom. The highest BCUT2D eigenvalue weighted by Crippen LogP contribution is 2.37.